The van der Waals surface area contributed by atoms with Gasteiger partial charge in [0, 0.05) is 17.5 Å². The first-order valence-corrected chi connectivity index (χ1v) is 10.0. The average molecular weight is 374 g/mol. The minimum atomic E-state index is -0.383. The molecule has 0 aromatic heterocycles. The Morgan fingerprint density at radius 2 is 2.22 bits per heavy atom. The lowest BCUT2D eigenvalue weighted by molar-refractivity contribution is -0.189. The lowest BCUT2D eigenvalue weighted by atomic mass is 9.72. The van der Waals surface area contributed by atoms with Gasteiger partial charge in [0.1, 0.15) is 5.60 Å². The van der Waals surface area contributed by atoms with Gasteiger partial charge in [0.05, 0.1) is 25.4 Å². The average Bonchev–Trinajstić information content (AvgIpc) is 2.61. The number of benzene rings is 1. The molecule has 6 nitrogen and oxygen atoms in total. The van der Waals surface area contributed by atoms with Crippen LogP contribution in [0.15, 0.2) is 18.2 Å². The fourth-order valence-electron chi connectivity index (χ4n) is 5.02. The predicted octanol–water partition coefficient (Wildman–Crippen LogP) is 2.65. The molecule has 0 radical (unpaired) electrons. The number of ether oxygens (including phenoxy) is 3. The molecule has 0 bridgehead atoms. The Morgan fingerprint density at radius 1 is 1.41 bits per heavy atom. The second kappa shape index (κ2) is 6.99. The zero-order valence-electron chi connectivity index (χ0n) is 16.4. The number of hydrogen-bond acceptors (Lipinski definition) is 5. The molecule has 2 N–H and O–H groups in total. The van der Waals surface area contributed by atoms with Crippen molar-refractivity contribution in [3.8, 4) is 11.5 Å². The van der Waals surface area contributed by atoms with E-state index in [1.165, 1.54) is 0 Å². The van der Waals surface area contributed by atoms with Gasteiger partial charge in [-0.05, 0) is 52.6 Å². The number of primary amides is 1. The topological polar surface area (TPSA) is 74.0 Å². The van der Waals surface area contributed by atoms with Crippen LogP contribution in [-0.2, 0) is 9.53 Å². The highest BCUT2D eigenvalue weighted by atomic mass is 16.5. The molecule has 3 aliphatic rings. The molecular weight excluding hydrogens is 344 g/mol. The van der Waals surface area contributed by atoms with Crippen LogP contribution in [0.3, 0.4) is 0 Å². The standard InChI is InChI=1S/C21H30N2O4/c1-4-25-17-8-5-7-13-19-14(21(2,3)27-20(13)17)11-15-16(26-19)9-6-10-23(15)12-18(22)24/h5,7-8,14-16,19H,4,6,9-12H2,1-3H3,(H2,22,24)/t14-,15-,16-,19+/m1/s1. The monoisotopic (exact) mass is 374 g/mol. The SMILES string of the molecule is CCOc1cccc2c1OC(C)(C)[C@@H]1C[C@@H]3[C@@H](CCCN3CC(N)=O)O[C@@H]21. The van der Waals surface area contributed by atoms with Crippen molar-refractivity contribution in [3.05, 3.63) is 23.8 Å². The summed E-state index contributed by atoms with van der Waals surface area (Å²) in [5.74, 6) is 1.53. The number of likely N-dealkylation sites (tertiary alicyclic amines) is 1. The van der Waals surface area contributed by atoms with E-state index in [2.05, 4.69) is 24.8 Å². The normalized spacial score (nSPS) is 31.8. The minimum absolute atomic E-state index is 0.0149. The minimum Gasteiger partial charge on any atom is -0.490 e. The van der Waals surface area contributed by atoms with Crippen LogP contribution in [0.4, 0.5) is 0 Å². The number of hydrogen-bond donors (Lipinski definition) is 1. The first kappa shape index (κ1) is 18.6. The molecule has 0 aliphatic carbocycles. The van der Waals surface area contributed by atoms with Crippen LogP contribution < -0.4 is 15.2 Å². The largest absolute Gasteiger partial charge is 0.490 e. The summed E-state index contributed by atoms with van der Waals surface area (Å²) in [6, 6.07) is 6.28. The van der Waals surface area contributed by atoms with E-state index in [0.29, 0.717) is 13.2 Å². The van der Waals surface area contributed by atoms with Gasteiger partial charge in [0.15, 0.2) is 11.5 Å². The van der Waals surface area contributed by atoms with Crippen molar-refractivity contribution >= 4 is 5.91 Å². The molecule has 27 heavy (non-hydrogen) atoms. The van der Waals surface area contributed by atoms with Crippen LogP contribution in [-0.4, -0.2) is 48.3 Å². The van der Waals surface area contributed by atoms with Gasteiger partial charge >= 0.3 is 0 Å². The molecule has 1 amide bonds. The Morgan fingerprint density at radius 3 is 2.96 bits per heavy atom. The first-order valence-electron chi connectivity index (χ1n) is 10.0. The number of carbonyl (C=O) groups is 1. The molecule has 3 aliphatic heterocycles. The molecule has 3 heterocycles. The van der Waals surface area contributed by atoms with E-state index in [4.69, 9.17) is 19.9 Å². The van der Waals surface area contributed by atoms with Crippen LogP contribution in [0.5, 0.6) is 11.5 Å². The summed E-state index contributed by atoms with van der Waals surface area (Å²) in [7, 11) is 0. The summed E-state index contributed by atoms with van der Waals surface area (Å²) in [5.41, 5.74) is 6.17. The lowest BCUT2D eigenvalue weighted by Crippen LogP contribution is -2.59. The van der Waals surface area contributed by atoms with E-state index < -0.39 is 0 Å². The third-order valence-electron chi connectivity index (χ3n) is 6.25. The van der Waals surface area contributed by atoms with Gasteiger partial charge < -0.3 is 19.9 Å². The van der Waals surface area contributed by atoms with Crippen molar-refractivity contribution < 1.29 is 19.0 Å². The van der Waals surface area contributed by atoms with Crippen LogP contribution in [0.2, 0.25) is 0 Å². The van der Waals surface area contributed by atoms with Gasteiger partial charge in [-0.1, -0.05) is 12.1 Å². The van der Waals surface area contributed by atoms with Gasteiger partial charge in [-0.2, -0.15) is 0 Å². The van der Waals surface area contributed by atoms with Crippen LogP contribution in [0, 0.1) is 5.92 Å². The second-order valence-corrected chi connectivity index (χ2v) is 8.40. The van der Waals surface area contributed by atoms with Gasteiger partial charge in [-0.15, -0.1) is 0 Å². The molecule has 2 fully saturated rings. The molecule has 0 unspecified atom stereocenters. The number of carbonyl (C=O) groups excluding carboxylic acids is 1. The highest BCUT2D eigenvalue weighted by Gasteiger charge is 2.52. The third-order valence-corrected chi connectivity index (χ3v) is 6.25. The molecule has 6 heteroatoms. The maximum Gasteiger partial charge on any atom is 0.231 e. The second-order valence-electron chi connectivity index (χ2n) is 8.40. The fraction of sp³-hybridized carbons (Fsp3) is 0.667. The summed E-state index contributed by atoms with van der Waals surface area (Å²) in [6.07, 6.45) is 3.09. The Hall–Kier alpha value is -1.79. The van der Waals surface area contributed by atoms with Crippen LogP contribution >= 0.6 is 0 Å². The van der Waals surface area contributed by atoms with Gasteiger partial charge in [-0.25, -0.2) is 0 Å². The van der Waals surface area contributed by atoms with Gasteiger partial charge in [-0.3, -0.25) is 9.69 Å². The van der Waals surface area contributed by atoms with Gasteiger partial charge in [0.2, 0.25) is 5.91 Å². The maximum absolute atomic E-state index is 11.5. The molecule has 1 aromatic carbocycles. The van der Waals surface area contributed by atoms with E-state index >= 15 is 0 Å². The smallest absolute Gasteiger partial charge is 0.231 e. The van der Waals surface area contributed by atoms with Crippen LogP contribution in [0.1, 0.15) is 51.7 Å². The van der Waals surface area contributed by atoms with E-state index in [9.17, 15) is 4.79 Å². The zero-order chi connectivity index (χ0) is 19.2. The van der Waals surface area contributed by atoms with Crippen LogP contribution in [0.25, 0.3) is 0 Å². The quantitative estimate of drug-likeness (QED) is 0.877. The number of nitrogens with zero attached hydrogens (tertiary/aromatic N) is 1. The van der Waals surface area contributed by atoms with E-state index in [0.717, 1.165) is 42.9 Å². The Kier molecular flexibility index (Phi) is 4.80. The number of rotatable bonds is 4. The lowest BCUT2D eigenvalue weighted by Gasteiger charge is -2.54. The van der Waals surface area contributed by atoms with Crippen molar-refractivity contribution in [2.24, 2.45) is 11.7 Å². The molecule has 0 saturated carbocycles. The van der Waals surface area contributed by atoms with Crippen molar-refractivity contribution in [1.82, 2.24) is 4.90 Å². The molecular formula is C21H30N2O4. The van der Waals surface area contributed by atoms with E-state index in [-0.39, 0.29) is 35.7 Å². The summed E-state index contributed by atoms with van der Waals surface area (Å²) in [4.78, 5) is 13.7. The zero-order valence-corrected chi connectivity index (χ0v) is 16.4. The maximum atomic E-state index is 11.5. The number of piperidine rings is 1. The highest BCUT2D eigenvalue weighted by molar-refractivity contribution is 5.76. The van der Waals surface area contributed by atoms with E-state index in [1.807, 2.05) is 19.1 Å². The predicted molar refractivity (Wildman–Crippen MR) is 102 cm³/mol. The van der Waals surface area contributed by atoms with Crippen molar-refractivity contribution in [2.45, 2.75) is 63.9 Å². The molecule has 1 aromatic rings. The molecule has 148 valence electrons. The molecule has 4 atom stereocenters. The number of nitrogens with two attached hydrogens (primary N) is 1. The highest BCUT2D eigenvalue weighted by Crippen LogP contribution is 2.54. The summed E-state index contributed by atoms with van der Waals surface area (Å²) in [5, 5.41) is 0. The molecule has 4 rings (SSSR count). The number of fused-ring (bicyclic) bond motifs is 4. The van der Waals surface area contributed by atoms with Crippen molar-refractivity contribution in [2.75, 3.05) is 19.7 Å². The first-order chi connectivity index (χ1) is 12.9. The van der Waals surface area contributed by atoms with Gasteiger partial charge in [0.25, 0.3) is 0 Å². The Labute approximate surface area is 160 Å². The number of para-hydroxylation sites is 1. The summed E-state index contributed by atoms with van der Waals surface area (Å²) in [6.45, 7) is 8.03. The Bertz CT molecular complexity index is 720. The van der Waals surface area contributed by atoms with Crippen molar-refractivity contribution in [1.29, 1.82) is 0 Å². The fourth-order valence-corrected chi connectivity index (χ4v) is 5.02. The molecule has 0 spiro atoms. The molecule has 2 saturated heterocycles. The van der Waals surface area contributed by atoms with E-state index in [1.54, 1.807) is 0 Å². The Balaban J connectivity index is 1.67. The van der Waals surface area contributed by atoms with Crippen molar-refractivity contribution in [3.63, 3.8) is 0 Å². The third kappa shape index (κ3) is 3.29. The number of amides is 1. The summed E-state index contributed by atoms with van der Waals surface area (Å²) >= 11 is 0. The summed E-state index contributed by atoms with van der Waals surface area (Å²) < 4.78 is 18.9.